The van der Waals surface area contributed by atoms with Crippen molar-refractivity contribution in [3.05, 3.63) is 53.1 Å². The van der Waals surface area contributed by atoms with Gasteiger partial charge in [-0.15, -0.1) is 0 Å². The molecule has 1 N–H and O–H groups in total. The Bertz CT molecular complexity index is 1280. The molecule has 0 unspecified atom stereocenters. The van der Waals surface area contributed by atoms with Crippen molar-refractivity contribution in [2.24, 2.45) is 5.41 Å². The number of anilines is 1. The summed E-state index contributed by atoms with van der Waals surface area (Å²) in [6.45, 7) is 2.66. The Kier molecular flexibility index (Phi) is 5.96. The molecule has 35 heavy (non-hydrogen) atoms. The molecule has 5 rings (SSSR count). The van der Waals surface area contributed by atoms with Crippen LogP contribution in [0.4, 0.5) is 5.69 Å². The van der Waals surface area contributed by atoms with E-state index in [1.165, 1.54) is 18.2 Å². The molecule has 0 spiro atoms. The first-order chi connectivity index (χ1) is 16.7. The molecule has 0 bridgehead atoms. The number of piperazine rings is 1. The highest BCUT2D eigenvalue weighted by Gasteiger charge is 2.43. The molecule has 0 radical (unpaired) electrons. The highest BCUT2D eigenvalue weighted by molar-refractivity contribution is 7.90. The van der Waals surface area contributed by atoms with Crippen LogP contribution in [0, 0.1) is 5.41 Å². The molecule has 2 fully saturated rings. The van der Waals surface area contributed by atoms with Crippen molar-refractivity contribution >= 4 is 27.4 Å². The third-order valence-electron chi connectivity index (χ3n) is 7.04. The second-order valence-electron chi connectivity index (χ2n) is 9.57. The van der Waals surface area contributed by atoms with E-state index in [9.17, 15) is 23.1 Å². The van der Waals surface area contributed by atoms with Crippen LogP contribution < -0.4 is 9.64 Å². The van der Waals surface area contributed by atoms with E-state index in [1.54, 1.807) is 11.0 Å². The van der Waals surface area contributed by atoms with Gasteiger partial charge in [-0.25, -0.2) is 13.2 Å². The molecule has 2 aliphatic heterocycles. The smallest absolute Gasteiger partial charge is 0.338 e. The number of hydrogen-bond acceptors (Lipinski definition) is 8. The summed E-state index contributed by atoms with van der Waals surface area (Å²) in [5.41, 5.74) is 2.36. The summed E-state index contributed by atoms with van der Waals surface area (Å²) in [4.78, 5) is 29.1. The van der Waals surface area contributed by atoms with Crippen molar-refractivity contribution in [3.8, 4) is 5.75 Å². The summed E-state index contributed by atoms with van der Waals surface area (Å²) in [6.07, 6.45) is 2.83. The van der Waals surface area contributed by atoms with Gasteiger partial charge < -0.3 is 24.4 Å². The molecular weight excluding hydrogens is 472 g/mol. The zero-order valence-electron chi connectivity index (χ0n) is 19.5. The van der Waals surface area contributed by atoms with Crippen molar-refractivity contribution in [1.29, 1.82) is 0 Å². The summed E-state index contributed by atoms with van der Waals surface area (Å²) in [5.74, 6) is -0.261. The molecule has 2 heterocycles. The Morgan fingerprint density at radius 3 is 2.51 bits per heavy atom. The van der Waals surface area contributed by atoms with E-state index in [4.69, 9.17) is 9.47 Å². The first kappa shape index (κ1) is 23.6. The van der Waals surface area contributed by atoms with Crippen molar-refractivity contribution < 1.29 is 32.6 Å². The van der Waals surface area contributed by atoms with E-state index in [0.29, 0.717) is 37.5 Å². The number of aliphatic hydroxyl groups excluding tert-OH is 1. The van der Waals surface area contributed by atoms with Gasteiger partial charge in [0.05, 0.1) is 29.2 Å². The van der Waals surface area contributed by atoms with E-state index in [0.717, 1.165) is 30.3 Å². The van der Waals surface area contributed by atoms with Crippen LogP contribution in [-0.4, -0.2) is 75.9 Å². The van der Waals surface area contributed by atoms with E-state index >= 15 is 0 Å². The number of amides is 1. The third kappa shape index (κ3) is 4.72. The number of rotatable bonds is 7. The average Bonchev–Trinajstić information content (AvgIpc) is 3.56. The van der Waals surface area contributed by atoms with E-state index in [-0.39, 0.29) is 47.6 Å². The normalized spacial score (nSPS) is 18.7. The number of aliphatic hydroxyl groups is 1. The van der Waals surface area contributed by atoms with Gasteiger partial charge >= 0.3 is 5.97 Å². The number of cyclic esters (lactones) is 1. The number of hydrogen-bond donors (Lipinski definition) is 1. The fourth-order valence-corrected chi connectivity index (χ4v) is 5.09. The first-order valence-electron chi connectivity index (χ1n) is 11.6. The SMILES string of the molecule is CS(=O)(=O)c1ccc(OCC2(CO)CC2)c(C(=O)N2CCN(c3ccc4c(c3)COC4=O)CC2)c1. The maximum atomic E-state index is 13.5. The lowest BCUT2D eigenvalue weighted by atomic mass is 10.1. The Morgan fingerprint density at radius 1 is 1.11 bits per heavy atom. The van der Waals surface area contributed by atoms with Gasteiger partial charge in [0, 0.05) is 49.1 Å². The van der Waals surface area contributed by atoms with Gasteiger partial charge in [-0.1, -0.05) is 0 Å². The van der Waals surface area contributed by atoms with Crippen LogP contribution in [0.3, 0.4) is 0 Å². The second-order valence-corrected chi connectivity index (χ2v) is 11.6. The third-order valence-corrected chi connectivity index (χ3v) is 8.15. The molecule has 3 aliphatic rings. The van der Waals surface area contributed by atoms with Gasteiger partial charge in [0.15, 0.2) is 9.84 Å². The standard InChI is InChI=1S/C25H28N2O7S/c1-35(31,32)19-3-5-22(34-16-25(15-28)6-7-25)21(13-19)23(29)27-10-8-26(9-11-27)18-2-4-20-17(12-18)14-33-24(20)30/h2-5,12-13,28H,6-11,14-16H2,1H3. The van der Waals surface area contributed by atoms with Gasteiger partial charge in [0.1, 0.15) is 12.4 Å². The van der Waals surface area contributed by atoms with Crippen molar-refractivity contribution in [2.75, 3.05) is 50.5 Å². The summed E-state index contributed by atoms with van der Waals surface area (Å²) in [7, 11) is -3.50. The predicted molar refractivity (Wildman–Crippen MR) is 127 cm³/mol. The fourth-order valence-electron chi connectivity index (χ4n) is 4.44. The molecule has 2 aromatic carbocycles. The van der Waals surface area contributed by atoms with Gasteiger partial charge in [0.2, 0.25) is 0 Å². The summed E-state index contributed by atoms with van der Waals surface area (Å²) in [6, 6.07) is 9.97. The number of carbonyl (C=O) groups is 2. The predicted octanol–water partition coefficient (Wildman–Crippen LogP) is 1.87. The highest BCUT2D eigenvalue weighted by Crippen LogP contribution is 2.45. The molecule has 0 atom stereocenters. The molecule has 2 aromatic rings. The van der Waals surface area contributed by atoms with Crippen LogP contribution in [0.15, 0.2) is 41.3 Å². The maximum Gasteiger partial charge on any atom is 0.338 e. The van der Waals surface area contributed by atoms with Gasteiger partial charge in [-0.05, 0) is 49.2 Å². The molecular formula is C25H28N2O7S. The summed E-state index contributed by atoms with van der Waals surface area (Å²) < 4.78 is 35.3. The lowest BCUT2D eigenvalue weighted by Gasteiger charge is -2.36. The number of carbonyl (C=O) groups excluding carboxylic acids is 2. The van der Waals surface area contributed by atoms with Crippen LogP contribution in [-0.2, 0) is 21.2 Å². The minimum absolute atomic E-state index is 0.0165. The van der Waals surface area contributed by atoms with Crippen LogP contribution in [0.2, 0.25) is 0 Å². The fraction of sp³-hybridized carbons (Fsp3) is 0.440. The Morgan fingerprint density at radius 2 is 1.86 bits per heavy atom. The second kappa shape index (κ2) is 8.83. The minimum Gasteiger partial charge on any atom is -0.492 e. The van der Waals surface area contributed by atoms with E-state index in [2.05, 4.69) is 4.90 Å². The Hall–Kier alpha value is -3.11. The number of sulfone groups is 1. The topological polar surface area (TPSA) is 113 Å². The average molecular weight is 501 g/mol. The number of nitrogens with zero attached hydrogens (tertiary/aromatic N) is 2. The van der Waals surface area contributed by atoms with Gasteiger partial charge in [-0.3, -0.25) is 4.79 Å². The number of ether oxygens (including phenoxy) is 2. The Labute approximate surface area is 204 Å². The number of fused-ring (bicyclic) bond motifs is 1. The largest absolute Gasteiger partial charge is 0.492 e. The number of esters is 1. The zero-order valence-corrected chi connectivity index (χ0v) is 20.3. The molecule has 10 heteroatoms. The summed E-state index contributed by atoms with van der Waals surface area (Å²) >= 11 is 0. The Balaban J connectivity index is 1.32. The van der Waals surface area contributed by atoms with Crippen molar-refractivity contribution in [1.82, 2.24) is 4.90 Å². The maximum absolute atomic E-state index is 13.5. The lowest BCUT2D eigenvalue weighted by molar-refractivity contribution is 0.0534. The molecule has 186 valence electrons. The quantitative estimate of drug-likeness (QED) is 0.574. The van der Waals surface area contributed by atoms with Crippen molar-refractivity contribution in [3.63, 3.8) is 0 Å². The van der Waals surface area contributed by atoms with Crippen LogP contribution >= 0.6 is 0 Å². The summed E-state index contributed by atoms with van der Waals surface area (Å²) in [5, 5.41) is 9.59. The molecule has 0 aromatic heterocycles. The van der Waals surface area contributed by atoms with E-state index < -0.39 is 9.84 Å². The zero-order chi connectivity index (χ0) is 24.8. The minimum atomic E-state index is -3.50. The van der Waals surface area contributed by atoms with Gasteiger partial charge in [0.25, 0.3) is 5.91 Å². The molecule has 9 nitrogen and oxygen atoms in total. The van der Waals surface area contributed by atoms with Crippen molar-refractivity contribution in [2.45, 2.75) is 24.3 Å². The first-order valence-corrected chi connectivity index (χ1v) is 13.5. The molecule has 1 aliphatic carbocycles. The van der Waals surface area contributed by atoms with Gasteiger partial charge in [-0.2, -0.15) is 0 Å². The van der Waals surface area contributed by atoms with E-state index in [1.807, 2.05) is 12.1 Å². The number of benzene rings is 2. The monoisotopic (exact) mass is 500 g/mol. The molecule has 1 saturated heterocycles. The molecule has 1 amide bonds. The lowest BCUT2D eigenvalue weighted by Crippen LogP contribution is -2.49. The highest BCUT2D eigenvalue weighted by atomic mass is 32.2. The van der Waals surface area contributed by atoms with Crippen LogP contribution in [0.5, 0.6) is 5.75 Å². The van der Waals surface area contributed by atoms with Crippen LogP contribution in [0.25, 0.3) is 0 Å². The van der Waals surface area contributed by atoms with Crippen LogP contribution in [0.1, 0.15) is 39.1 Å². The molecule has 1 saturated carbocycles.